The van der Waals surface area contributed by atoms with Gasteiger partial charge in [-0.1, -0.05) is 30.3 Å². The van der Waals surface area contributed by atoms with Gasteiger partial charge in [0.2, 0.25) is 0 Å². The van der Waals surface area contributed by atoms with Crippen LogP contribution >= 0.6 is 11.8 Å². The third-order valence-corrected chi connectivity index (χ3v) is 6.01. The Morgan fingerprint density at radius 2 is 1.76 bits per heavy atom. The van der Waals surface area contributed by atoms with Gasteiger partial charge < -0.3 is 15.7 Å². The van der Waals surface area contributed by atoms with E-state index in [4.69, 9.17) is 0 Å². The topological polar surface area (TPSA) is 108 Å². The fourth-order valence-corrected chi connectivity index (χ4v) is 4.07. The second-order valence-electron chi connectivity index (χ2n) is 8.05. The number of carboxylic acids is 1. The van der Waals surface area contributed by atoms with Crippen LogP contribution in [0.4, 0.5) is 18.9 Å². The molecule has 3 N–H and O–H groups in total. The zero-order valence-electron chi connectivity index (χ0n) is 19.7. The van der Waals surface area contributed by atoms with E-state index in [1.165, 1.54) is 36.2 Å². The lowest BCUT2D eigenvalue weighted by Crippen LogP contribution is -2.41. The molecule has 0 aliphatic heterocycles. The number of amides is 2. The maximum Gasteiger partial charge on any atom is 0.393 e. The molecule has 0 saturated heterocycles. The van der Waals surface area contributed by atoms with Crippen molar-refractivity contribution in [1.29, 1.82) is 0 Å². The van der Waals surface area contributed by atoms with Crippen LogP contribution in [-0.2, 0) is 11.2 Å². The molecule has 194 valence electrons. The van der Waals surface area contributed by atoms with E-state index in [1.807, 2.05) is 6.26 Å². The molecule has 7 nitrogen and oxygen atoms in total. The second kappa shape index (κ2) is 12.4. The highest BCUT2D eigenvalue weighted by Gasteiger charge is 2.30. The first-order chi connectivity index (χ1) is 17.6. The van der Waals surface area contributed by atoms with Gasteiger partial charge in [0, 0.05) is 23.6 Å². The molecule has 0 radical (unpaired) electrons. The molecule has 0 unspecified atom stereocenters. The molecule has 1 heterocycles. The van der Waals surface area contributed by atoms with Gasteiger partial charge in [-0.2, -0.15) is 24.9 Å². The fraction of sp³-hybridized carbons (Fsp3) is 0.231. The monoisotopic (exact) mass is 531 g/mol. The molecule has 0 aliphatic rings. The number of anilines is 1. The number of nitrogens with one attached hydrogen (secondary N) is 2. The molecule has 2 aromatic carbocycles. The summed E-state index contributed by atoms with van der Waals surface area (Å²) >= 11 is 1.46. The standard InChI is InChI=1S/C26H24F3N3O4S/c1-37-12-10-22(25(35)36)32-23(33)19-8-7-18(13-20(19)16-5-3-2-4-6-16)31-24(34)21-15-30-11-9-17(21)14-26(27,28)29/h2-9,11,13,15,22H,10,12,14H2,1H3,(H,31,34)(H,32,33)(H,35,36)/t22-/m0/s1. The largest absolute Gasteiger partial charge is 0.480 e. The summed E-state index contributed by atoms with van der Waals surface area (Å²) in [6.07, 6.45) is -1.47. The SMILES string of the molecule is CSCC[C@H](NC(=O)c1ccc(NC(=O)c2cnccc2CC(F)(F)F)cc1-c1ccccc1)C(=O)O. The highest BCUT2D eigenvalue weighted by molar-refractivity contribution is 7.98. The number of carboxylic acid groups (broad SMARTS) is 1. The summed E-state index contributed by atoms with van der Waals surface area (Å²) in [7, 11) is 0. The number of aliphatic carboxylic acids is 1. The number of rotatable bonds is 10. The smallest absolute Gasteiger partial charge is 0.393 e. The van der Waals surface area contributed by atoms with Crippen LogP contribution < -0.4 is 10.6 Å². The highest BCUT2D eigenvalue weighted by Crippen LogP contribution is 2.28. The normalized spacial score (nSPS) is 12.0. The van der Waals surface area contributed by atoms with Gasteiger partial charge in [0.15, 0.2) is 0 Å². The van der Waals surface area contributed by atoms with Crippen LogP contribution in [0, 0.1) is 0 Å². The molecule has 11 heteroatoms. The summed E-state index contributed by atoms with van der Waals surface area (Å²) < 4.78 is 38.9. The number of pyridine rings is 1. The van der Waals surface area contributed by atoms with Crippen LogP contribution in [0.5, 0.6) is 0 Å². The van der Waals surface area contributed by atoms with Crippen LogP contribution in [0.15, 0.2) is 67.0 Å². The third-order valence-electron chi connectivity index (χ3n) is 5.37. The third kappa shape index (κ3) is 7.81. The Morgan fingerprint density at radius 3 is 2.41 bits per heavy atom. The maximum atomic E-state index is 13.1. The molecule has 0 fully saturated rings. The van der Waals surface area contributed by atoms with Crippen LogP contribution in [0.3, 0.4) is 0 Å². The number of benzene rings is 2. The van der Waals surface area contributed by atoms with Crippen molar-refractivity contribution in [2.75, 3.05) is 17.3 Å². The first-order valence-corrected chi connectivity index (χ1v) is 12.5. The number of thioether (sulfide) groups is 1. The average molecular weight is 532 g/mol. The Bertz CT molecular complexity index is 1270. The van der Waals surface area contributed by atoms with E-state index in [9.17, 15) is 32.7 Å². The molecule has 0 saturated carbocycles. The molecule has 1 atom stereocenters. The van der Waals surface area contributed by atoms with Crippen molar-refractivity contribution in [3.8, 4) is 11.1 Å². The molecular formula is C26H24F3N3O4S. The van der Waals surface area contributed by atoms with E-state index in [0.29, 0.717) is 16.9 Å². The molecule has 0 spiro atoms. The zero-order valence-corrected chi connectivity index (χ0v) is 20.5. The number of hydrogen-bond acceptors (Lipinski definition) is 5. The summed E-state index contributed by atoms with van der Waals surface area (Å²) in [6, 6.07) is 13.2. The van der Waals surface area contributed by atoms with E-state index in [2.05, 4.69) is 15.6 Å². The summed E-state index contributed by atoms with van der Waals surface area (Å²) in [4.78, 5) is 41.3. The van der Waals surface area contributed by atoms with Crippen molar-refractivity contribution in [2.45, 2.75) is 25.1 Å². The van der Waals surface area contributed by atoms with Crippen molar-refractivity contribution in [1.82, 2.24) is 10.3 Å². The average Bonchev–Trinajstić information content (AvgIpc) is 2.86. The quantitative estimate of drug-likeness (QED) is 0.338. The van der Waals surface area contributed by atoms with E-state index in [1.54, 1.807) is 30.3 Å². The van der Waals surface area contributed by atoms with E-state index < -0.39 is 36.4 Å². The maximum absolute atomic E-state index is 13.1. The van der Waals surface area contributed by atoms with Crippen molar-refractivity contribution >= 4 is 35.2 Å². The Balaban J connectivity index is 1.93. The minimum Gasteiger partial charge on any atom is -0.480 e. The molecule has 0 aliphatic carbocycles. The number of nitrogens with zero attached hydrogens (tertiary/aromatic N) is 1. The van der Waals surface area contributed by atoms with E-state index >= 15 is 0 Å². The number of hydrogen-bond donors (Lipinski definition) is 3. The van der Waals surface area contributed by atoms with Crippen LogP contribution in [0.2, 0.25) is 0 Å². The van der Waals surface area contributed by atoms with E-state index in [0.717, 1.165) is 12.3 Å². The van der Waals surface area contributed by atoms with Gasteiger partial charge in [-0.25, -0.2) is 4.79 Å². The van der Waals surface area contributed by atoms with Gasteiger partial charge >= 0.3 is 12.1 Å². The predicted octanol–water partition coefficient (Wildman–Crippen LogP) is 5.04. The number of halogens is 3. The van der Waals surface area contributed by atoms with Crippen molar-refractivity contribution in [3.63, 3.8) is 0 Å². The lowest BCUT2D eigenvalue weighted by Gasteiger charge is -2.17. The zero-order chi connectivity index (χ0) is 27.0. The first kappa shape index (κ1) is 27.7. The Labute approximate surface area is 215 Å². The molecule has 2 amide bonds. The summed E-state index contributed by atoms with van der Waals surface area (Å²) in [5.41, 5.74) is 1.01. The molecular weight excluding hydrogens is 507 g/mol. The number of alkyl halides is 3. The molecule has 0 bridgehead atoms. The van der Waals surface area contributed by atoms with E-state index in [-0.39, 0.29) is 28.8 Å². The van der Waals surface area contributed by atoms with Crippen molar-refractivity contribution in [2.24, 2.45) is 0 Å². The highest BCUT2D eigenvalue weighted by atomic mass is 32.2. The molecule has 1 aromatic heterocycles. The summed E-state index contributed by atoms with van der Waals surface area (Å²) in [6.45, 7) is 0. The molecule has 37 heavy (non-hydrogen) atoms. The Morgan fingerprint density at radius 1 is 1.03 bits per heavy atom. The van der Waals surface area contributed by atoms with Crippen molar-refractivity contribution < 1.29 is 32.7 Å². The predicted molar refractivity (Wildman–Crippen MR) is 136 cm³/mol. The summed E-state index contributed by atoms with van der Waals surface area (Å²) in [5.74, 6) is -2.01. The number of carbonyl (C=O) groups excluding carboxylic acids is 2. The minimum atomic E-state index is -4.50. The van der Waals surface area contributed by atoms with Gasteiger partial charge in [-0.05, 0) is 59.4 Å². The fourth-order valence-electron chi connectivity index (χ4n) is 3.60. The van der Waals surface area contributed by atoms with Crippen LogP contribution in [0.1, 0.15) is 32.7 Å². The lowest BCUT2D eigenvalue weighted by atomic mass is 9.97. The Hall–Kier alpha value is -3.86. The minimum absolute atomic E-state index is 0.179. The van der Waals surface area contributed by atoms with Crippen LogP contribution in [-0.4, -0.2) is 52.1 Å². The van der Waals surface area contributed by atoms with Crippen molar-refractivity contribution in [3.05, 3.63) is 83.7 Å². The Kier molecular flexibility index (Phi) is 9.29. The molecule has 3 aromatic rings. The number of aromatic nitrogens is 1. The van der Waals surface area contributed by atoms with Crippen LogP contribution in [0.25, 0.3) is 11.1 Å². The van der Waals surface area contributed by atoms with Gasteiger partial charge in [-0.15, -0.1) is 0 Å². The molecule has 3 rings (SSSR count). The second-order valence-corrected chi connectivity index (χ2v) is 9.04. The van der Waals surface area contributed by atoms with Gasteiger partial charge in [0.05, 0.1) is 12.0 Å². The first-order valence-electron chi connectivity index (χ1n) is 11.1. The lowest BCUT2D eigenvalue weighted by molar-refractivity contribution is -0.139. The van der Waals surface area contributed by atoms with Gasteiger partial charge in [-0.3, -0.25) is 14.6 Å². The summed E-state index contributed by atoms with van der Waals surface area (Å²) in [5, 5.41) is 14.6. The van der Waals surface area contributed by atoms with Gasteiger partial charge in [0.1, 0.15) is 6.04 Å². The van der Waals surface area contributed by atoms with Gasteiger partial charge in [0.25, 0.3) is 11.8 Å². The number of carbonyl (C=O) groups is 3.